The van der Waals surface area contributed by atoms with Crippen molar-refractivity contribution in [3.8, 4) is 17.2 Å². The molecule has 1 rings (SSSR count). The Morgan fingerprint density at radius 3 is 1.95 bits per heavy atom. The summed E-state index contributed by atoms with van der Waals surface area (Å²) in [5.74, 6) is -0.243. The van der Waals surface area contributed by atoms with Crippen molar-refractivity contribution in [2.45, 2.75) is 20.3 Å². The number of methoxy groups -OCH3 is 3. The van der Waals surface area contributed by atoms with Crippen molar-refractivity contribution in [2.24, 2.45) is 5.41 Å². The first kappa shape index (κ1) is 17.6. The number of hydrogen-bond donors (Lipinski definition) is 2. The molecule has 1 amide bonds. The van der Waals surface area contributed by atoms with Gasteiger partial charge in [0.2, 0.25) is 11.7 Å². The molecule has 122 valence electrons. The van der Waals surface area contributed by atoms with Gasteiger partial charge in [-0.15, -0.1) is 0 Å². The van der Waals surface area contributed by atoms with Gasteiger partial charge in [-0.25, -0.2) is 0 Å². The number of benzene rings is 1. The normalized spacial score (nSPS) is 10.8. The second-order valence-electron chi connectivity index (χ2n) is 5.33. The minimum absolute atomic E-state index is 0.154. The highest BCUT2D eigenvalue weighted by Gasteiger charge is 2.30. The van der Waals surface area contributed by atoms with E-state index in [-0.39, 0.29) is 6.42 Å². The summed E-state index contributed by atoms with van der Waals surface area (Å²) in [4.78, 5) is 23.1. The smallest absolute Gasteiger partial charge is 0.309 e. The molecule has 1 aromatic carbocycles. The van der Waals surface area contributed by atoms with E-state index < -0.39 is 17.3 Å². The van der Waals surface area contributed by atoms with Gasteiger partial charge in [0, 0.05) is 24.2 Å². The Labute approximate surface area is 129 Å². The van der Waals surface area contributed by atoms with E-state index in [9.17, 15) is 9.59 Å². The van der Waals surface area contributed by atoms with Gasteiger partial charge in [-0.05, 0) is 13.8 Å². The lowest BCUT2D eigenvalue weighted by Gasteiger charge is -2.19. The summed E-state index contributed by atoms with van der Waals surface area (Å²) in [6, 6.07) is 3.15. The van der Waals surface area contributed by atoms with E-state index >= 15 is 0 Å². The van der Waals surface area contributed by atoms with Crippen LogP contribution < -0.4 is 19.5 Å². The van der Waals surface area contributed by atoms with Crippen LogP contribution in [0.4, 0.5) is 5.69 Å². The maximum absolute atomic E-state index is 12.0. The molecule has 0 atom stereocenters. The Balaban J connectivity index is 2.99. The maximum atomic E-state index is 12.0. The summed E-state index contributed by atoms with van der Waals surface area (Å²) >= 11 is 0. The van der Waals surface area contributed by atoms with Crippen LogP contribution in [0.1, 0.15) is 20.3 Å². The van der Waals surface area contributed by atoms with Crippen molar-refractivity contribution in [1.29, 1.82) is 0 Å². The minimum Gasteiger partial charge on any atom is -0.493 e. The van der Waals surface area contributed by atoms with E-state index in [4.69, 9.17) is 19.3 Å². The molecule has 7 heteroatoms. The van der Waals surface area contributed by atoms with Gasteiger partial charge in [-0.3, -0.25) is 9.59 Å². The van der Waals surface area contributed by atoms with Crippen LogP contribution in [0.3, 0.4) is 0 Å². The van der Waals surface area contributed by atoms with Crippen molar-refractivity contribution in [1.82, 2.24) is 0 Å². The summed E-state index contributed by atoms with van der Waals surface area (Å²) in [5.41, 5.74) is -0.717. The number of carboxylic acid groups (broad SMARTS) is 1. The molecule has 7 nitrogen and oxygen atoms in total. The summed E-state index contributed by atoms with van der Waals surface area (Å²) in [6.45, 7) is 2.98. The fourth-order valence-electron chi connectivity index (χ4n) is 1.84. The number of rotatable bonds is 7. The van der Waals surface area contributed by atoms with Gasteiger partial charge >= 0.3 is 5.97 Å². The Morgan fingerprint density at radius 2 is 1.59 bits per heavy atom. The zero-order chi connectivity index (χ0) is 16.9. The molecule has 0 aliphatic rings. The largest absolute Gasteiger partial charge is 0.493 e. The molecule has 0 aliphatic carbocycles. The number of carbonyl (C=O) groups excluding carboxylic acids is 1. The summed E-state index contributed by atoms with van der Waals surface area (Å²) in [5, 5.41) is 11.7. The van der Waals surface area contributed by atoms with Gasteiger partial charge in [0.05, 0.1) is 26.7 Å². The van der Waals surface area contributed by atoms with Crippen molar-refractivity contribution in [3.63, 3.8) is 0 Å². The Hall–Kier alpha value is -2.44. The van der Waals surface area contributed by atoms with Crippen molar-refractivity contribution in [2.75, 3.05) is 26.6 Å². The van der Waals surface area contributed by atoms with E-state index in [0.717, 1.165) is 0 Å². The number of anilines is 1. The van der Waals surface area contributed by atoms with Crippen LogP contribution in [-0.2, 0) is 9.59 Å². The SMILES string of the molecule is COc1cc(NC(=O)CC(C)(C)C(=O)O)cc(OC)c1OC. The third kappa shape index (κ3) is 4.03. The lowest BCUT2D eigenvalue weighted by atomic mass is 9.89. The molecule has 1 aromatic rings. The molecular formula is C15H21NO6. The van der Waals surface area contributed by atoms with E-state index in [1.165, 1.54) is 35.2 Å². The van der Waals surface area contributed by atoms with Gasteiger partial charge in [0.1, 0.15) is 0 Å². The number of ether oxygens (including phenoxy) is 3. The van der Waals surface area contributed by atoms with Gasteiger partial charge in [-0.1, -0.05) is 0 Å². The van der Waals surface area contributed by atoms with E-state index in [1.54, 1.807) is 12.1 Å². The van der Waals surface area contributed by atoms with Crippen LogP contribution in [0.25, 0.3) is 0 Å². The fraction of sp³-hybridized carbons (Fsp3) is 0.467. The van der Waals surface area contributed by atoms with Gasteiger partial charge in [0.15, 0.2) is 11.5 Å². The molecule has 0 saturated heterocycles. The van der Waals surface area contributed by atoms with Crippen LogP contribution >= 0.6 is 0 Å². The molecule has 0 radical (unpaired) electrons. The minimum atomic E-state index is -1.15. The second-order valence-corrected chi connectivity index (χ2v) is 5.33. The predicted molar refractivity (Wildman–Crippen MR) is 80.8 cm³/mol. The zero-order valence-electron chi connectivity index (χ0n) is 13.4. The Kier molecular flexibility index (Phi) is 5.62. The number of aliphatic carboxylic acids is 1. The fourth-order valence-corrected chi connectivity index (χ4v) is 1.84. The van der Waals surface area contributed by atoms with E-state index in [1.807, 2.05) is 0 Å². The molecule has 0 aromatic heterocycles. The molecular weight excluding hydrogens is 290 g/mol. The molecule has 0 bridgehead atoms. The van der Waals surface area contributed by atoms with Gasteiger partial charge in [0.25, 0.3) is 0 Å². The second kappa shape index (κ2) is 7.02. The van der Waals surface area contributed by atoms with Crippen molar-refractivity contribution >= 4 is 17.6 Å². The number of nitrogens with one attached hydrogen (secondary N) is 1. The van der Waals surface area contributed by atoms with Crippen LogP contribution in [0.5, 0.6) is 17.2 Å². The number of hydrogen-bond acceptors (Lipinski definition) is 5. The van der Waals surface area contributed by atoms with Crippen molar-refractivity contribution < 1.29 is 28.9 Å². The maximum Gasteiger partial charge on any atom is 0.309 e. The standard InChI is InChI=1S/C15H21NO6/c1-15(2,14(18)19)8-12(17)16-9-6-10(20-3)13(22-5)11(7-9)21-4/h6-7H,8H2,1-5H3,(H,16,17)(H,18,19). The molecule has 2 N–H and O–H groups in total. The lowest BCUT2D eigenvalue weighted by Crippen LogP contribution is -2.29. The molecule has 0 saturated carbocycles. The topological polar surface area (TPSA) is 94.1 Å². The summed E-state index contributed by atoms with van der Waals surface area (Å²) in [6.07, 6.45) is -0.154. The van der Waals surface area contributed by atoms with E-state index in [0.29, 0.717) is 22.9 Å². The number of amides is 1. The Bertz CT molecular complexity index is 542. The monoisotopic (exact) mass is 311 g/mol. The highest BCUT2D eigenvalue weighted by molar-refractivity contribution is 5.94. The van der Waals surface area contributed by atoms with Gasteiger partial charge < -0.3 is 24.6 Å². The predicted octanol–water partition coefficient (Wildman–Crippen LogP) is 2.15. The number of carbonyl (C=O) groups is 2. The van der Waals surface area contributed by atoms with E-state index in [2.05, 4.69) is 5.32 Å². The molecule has 0 fully saturated rings. The summed E-state index contributed by atoms with van der Waals surface area (Å²) < 4.78 is 15.6. The first-order valence-corrected chi connectivity index (χ1v) is 6.58. The quantitative estimate of drug-likeness (QED) is 0.801. The highest BCUT2D eigenvalue weighted by Crippen LogP contribution is 2.40. The van der Waals surface area contributed by atoms with Crippen molar-refractivity contribution in [3.05, 3.63) is 12.1 Å². The molecule has 0 aliphatic heterocycles. The third-order valence-electron chi connectivity index (χ3n) is 3.13. The zero-order valence-corrected chi connectivity index (χ0v) is 13.4. The van der Waals surface area contributed by atoms with Gasteiger partial charge in [-0.2, -0.15) is 0 Å². The van der Waals surface area contributed by atoms with Crippen LogP contribution in [0.2, 0.25) is 0 Å². The first-order chi connectivity index (χ1) is 10.2. The first-order valence-electron chi connectivity index (χ1n) is 6.58. The molecule has 0 unspecified atom stereocenters. The number of carboxylic acids is 1. The van der Waals surface area contributed by atoms with Crippen LogP contribution in [0, 0.1) is 5.41 Å². The Morgan fingerprint density at radius 1 is 1.09 bits per heavy atom. The molecule has 0 spiro atoms. The highest BCUT2D eigenvalue weighted by atomic mass is 16.5. The lowest BCUT2D eigenvalue weighted by molar-refractivity contribution is -0.148. The average Bonchev–Trinajstić information content (AvgIpc) is 2.45. The van der Waals surface area contributed by atoms with Crippen LogP contribution in [-0.4, -0.2) is 38.3 Å². The molecule has 22 heavy (non-hydrogen) atoms. The molecule has 0 heterocycles. The third-order valence-corrected chi connectivity index (χ3v) is 3.13. The summed E-state index contributed by atoms with van der Waals surface area (Å²) in [7, 11) is 4.42. The van der Waals surface area contributed by atoms with Crippen LogP contribution in [0.15, 0.2) is 12.1 Å². The average molecular weight is 311 g/mol.